The first-order valence-electron chi connectivity index (χ1n) is 7.29. The van der Waals surface area contributed by atoms with Crippen LogP contribution in [0.1, 0.15) is 36.0 Å². The average Bonchev–Trinajstić information content (AvgIpc) is 3.00. The smallest absolute Gasteiger partial charge is 0.251 e. The van der Waals surface area contributed by atoms with Crippen molar-refractivity contribution in [3.8, 4) is 0 Å². The van der Waals surface area contributed by atoms with Gasteiger partial charge in [0.1, 0.15) is 0 Å². The van der Waals surface area contributed by atoms with Crippen molar-refractivity contribution in [2.75, 3.05) is 11.0 Å². The Morgan fingerprint density at radius 3 is 2.38 bits per heavy atom. The highest BCUT2D eigenvalue weighted by atomic mass is 32.2. The van der Waals surface area contributed by atoms with Gasteiger partial charge < -0.3 is 5.32 Å². The molecular formula is C15H20N2O3S. The van der Waals surface area contributed by atoms with Crippen LogP contribution in [-0.2, 0) is 10.0 Å². The van der Waals surface area contributed by atoms with Crippen molar-refractivity contribution < 1.29 is 13.2 Å². The van der Waals surface area contributed by atoms with Gasteiger partial charge in [0.25, 0.3) is 5.91 Å². The summed E-state index contributed by atoms with van der Waals surface area (Å²) in [5, 5.41) is 3.12. The molecule has 0 radical (unpaired) electrons. The molecule has 0 heterocycles. The van der Waals surface area contributed by atoms with Crippen molar-refractivity contribution in [2.45, 2.75) is 31.7 Å². The van der Waals surface area contributed by atoms with Crippen molar-refractivity contribution in [3.05, 3.63) is 29.8 Å². The van der Waals surface area contributed by atoms with Gasteiger partial charge in [-0.15, -0.1) is 0 Å². The second-order valence-electron chi connectivity index (χ2n) is 6.21. The third-order valence-corrected chi connectivity index (χ3v) is 5.11. The average molecular weight is 308 g/mol. The summed E-state index contributed by atoms with van der Waals surface area (Å²) < 4.78 is 24.6. The highest BCUT2D eigenvalue weighted by Gasteiger charge is 2.40. The van der Waals surface area contributed by atoms with Gasteiger partial charge in [0, 0.05) is 17.3 Å². The molecule has 0 spiro atoms. The Kier molecular flexibility index (Phi) is 3.65. The number of hydrogen-bond acceptors (Lipinski definition) is 3. The van der Waals surface area contributed by atoms with Gasteiger partial charge in [0.05, 0.1) is 6.26 Å². The maximum absolute atomic E-state index is 12.2. The van der Waals surface area contributed by atoms with Crippen LogP contribution in [0.4, 0.5) is 5.69 Å². The number of nitrogens with one attached hydrogen (secondary N) is 2. The zero-order valence-corrected chi connectivity index (χ0v) is 12.8. The molecule has 0 saturated heterocycles. The fourth-order valence-electron chi connectivity index (χ4n) is 3.58. The number of carbonyl (C=O) groups is 1. The van der Waals surface area contributed by atoms with Crippen LogP contribution < -0.4 is 10.0 Å². The topological polar surface area (TPSA) is 75.3 Å². The molecule has 0 aromatic heterocycles. The summed E-state index contributed by atoms with van der Waals surface area (Å²) in [7, 11) is -3.29. The maximum Gasteiger partial charge on any atom is 0.251 e. The number of anilines is 1. The van der Waals surface area contributed by atoms with Crippen LogP contribution in [0.15, 0.2) is 24.3 Å². The number of fused-ring (bicyclic) bond motifs is 2. The Balaban J connectivity index is 1.62. The standard InChI is InChI=1S/C15H20N2O3S/c1-21(19,20)17-13-6-4-11(5-7-13)15(18)16-14-9-10-2-3-12(14)8-10/h4-7,10,12,14,17H,2-3,8-9H2,1H3,(H,16,18)/t10-,12+,14-/m1/s1. The minimum Gasteiger partial charge on any atom is -0.349 e. The van der Waals surface area contributed by atoms with E-state index in [1.165, 1.54) is 19.3 Å². The largest absolute Gasteiger partial charge is 0.349 e. The number of amides is 1. The number of hydrogen-bond donors (Lipinski definition) is 2. The highest BCUT2D eigenvalue weighted by Crippen LogP contribution is 2.44. The fraction of sp³-hybridized carbons (Fsp3) is 0.533. The van der Waals surface area contributed by atoms with Crippen molar-refractivity contribution >= 4 is 21.6 Å². The Morgan fingerprint density at radius 2 is 1.86 bits per heavy atom. The van der Waals surface area contributed by atoms with E-state index in [4.69, 9.17) is 0 Å². The maximum atomic E-state index is 12.2. The fourth-order valence-corrected chi connectivity index (χ4v) is 4.14. The van der Waals surface area contributed by atoms with E-state index in [0.717, 1.165) is 18.6 Å². The zero-order valence-electron chi connectivity index (χ0n) is 12.0. The van der Waals surface area contributed by atoms with E-state index in [2.05, 4.69) is 10.0 Å². The van der Waals surface area contributed by atoms with Crippen molar-refractivity contribution in [2.24, 2.45) is 11.8 Å². The summed E-state index contributed by atoms with van der Waals surface area (Å²) in [4.78, 5) is 12.2. The monoisotopic (exact) mass is 308 g/mol. The molecule has 114 valence electrons. The normalized spacial score (nSPS) is 27.6. The van der Waals surface area contributed by atoms with E-state index in [9.17, 15) is 13.2 Å². The molecule has 0 unspecified atom stereocenters. The van der Waals surface area contributed by atoms with Crippen LogP contribution in [0.5, 0.6) is 0 Å². The zero-order chi connectivity index (χ0) is 15.0. The van der Waals surface area contributed by atoms with Gasteiger partial charge in [-0.25, -0.2) is 8.42 Å². The van der Waals surface area contributed by atoms with Gasteiger partial charge >= 0.3 is 0 Å². The Labute approximate surface area is 125 Å². The molecule has 3 rings (SSSR count). The van der Waals surface area contributed by atoms with E-state index in [-0.39, 0.29) is 5.91 Å². The Morgan fingerprint density at radius 1 is 1.14 bits per heavy atom. The third kappa shape index (κ3) is 3.37. The number of rotatable bonds is 4. The van der Waals surface area contributed by atoms with Crippen LogP contribution in [0.2, 0.25) is 0 Å². The lowest BCUT2D eigenvalue weighted by atomic mass is 9.95. The molecule has 2 N–H and O–H groups in total. The summed E-state index contributed by atoms with van der Waals surface area (Å²) in [6.45, 7) is 0. The molecule has 1 aromatic carbocycles. The molecule has 2 bridgehead atoms. The van der Waals surface area contributed by atoms with Crippen molar-refractivity contribution in [3.63, 3.8) is 0 Å². The van der Waals surface area contributed by atoms with Crippen LogP contribution in [0.3, 0.4) is 0 Å². The van der Waals surface area contributed by atoms with E-state index in [1.54, 1.807) is 24.3 Å². The summed E-state index contributed by atoms with van der Waals surface area (Å²) >= 11 is 0. The minimum absolute atomic E-state index is 0.0709. The second kappa shape index (κ2) is 5.33. The lowest BCUT2D eigenvalue weighted by Gasteiger charge is -2.22. The van der Waals surface area contributed by atoms with Crippen LogP contribution in [-0.4, -0.2) is 26.6 Å². The molecule has 6 heteroatoms. The van der Waals surface area contributed by atoms with Crippen LogP contribution in [0.25, 0.3) is 0 Å². The highest BCUT2D eigenvalue weighted by molar-refractivity contribution is 7.92. The summed E-state index contributed by atoms with van der Waals surface area (Å²) in [6, 6.07) is 6.82. The molecule has 2 saturated carbocycles. The predicted octanol–water partition coefficient (Wildman–Crippen LogP) is 1.98. The first kappa shape index (κ1) is 14.4. The first-order valence-corrected chi connectivity index (χ1v) is 9.18. The van der Waals surface area contributed by atoms with Crippen molar-refractivity contribution in [1.29, 1.82) is 0 Å². The lowest BCUT2D eigenvalue weighted by molar-refractivity contribution is 0.0923. The third-order valence-electron chi connectivity index (χ3n) is 4.50. The number of carbonyl (C=O) groups excluding carboxylic acids is 1. The van der Waals surface area contributed by atoms with Crippen molar-refractivity contribution in [1.82, 2.24) is 5.32 Å². The molecule has 2 aliphatic carbocycles. The van der Waals surface area contributed by atoms with Gasteiger partial charge in [-0.3, -0.25) is 9.52 Å². The lowest BCUT2D eigenvalue weighted by Crippen LogP contribution is -2.38. The van der Waals surface area contributed by atoms with E-state index >= 15 is 0 Å². The molecule has 3 atom stereocenters. The minimum atomic E-state index is -3.29. The van der Waals surface area contributed by atoms with Crippen LogP contribution in [0, 0.1) is 11.8 Å². The number of sulfonamides is 1. The molecule has 5 nitrogen and oxygen atoms in total. The van der Waals surface area contributed by atoms with Crippen LogP contribution >= 0.6 is 0 Å². The number of benzene rings is 1. The SMILES string of the molecule is CS(=O)(=O)Nc1ccc(C(=O)N[C@@H]2C[C@@H]3CC[C@H]2C3)cc1. The Bertz CT molecular complexity index is 639. The quantitative estimate of drug-likeness (QED) is 0.893. The van der Waals surface area contributed by atoms with E-state index in [1.807, 2.05) is 0 Å². The summed E-state index contributed by atoms with van der Waals surface area (Å²) in [6.07, 6.45) is 5.99. The Hall–Kier alpha value is -1.56. The molecule has 1 aromatic rings. The van der Waals surface area contributed by atoms with Gasteiger partial charge in [-0.2, -0.15) is 0 Å². The second-order valence-corrected chi connectivity index (χ2v) is 7.95. The van der Waals surface area contributed by atoms with Gasteiger partial charge in [-0.1, -0.05) is 6.42 Å². The molecule has 2 aliphatic rings. The summed E-state index contributed by atoms with van der Waals surface area (Å²) in [5.41, 5.74) is 1.03. The molecule has 2 fully saturated rings. The van der Waals surface area contributed by atoms with E-state index in [0.29, 0.717) is 23.2 Å². The molecular weight excluding hydrogens is 288 g/mol. The van der Waals surface area contributed by atoms with Gasteiger partial charge in [0.2, 0.25) is 10.0 Å². The molecule has 21 heavy (non-hydrogen) atoms. The predicted molar refractivity (Wildman–Crippen MR) is 81.6 cm³/mol. The molecule has 0 aliphatic heterocycles. The van der Waals surface area contributed by atoms with Gasteiger partial charge in [-0.05, 0) is 55.4 Å². The first-order chi connectivity index (χ1) is 9.90. The van der Waals surface area contributed by atoms with Gasteiger partial charge in [0.15, 0.2) is 0 Å². The summed E-state index contributed by atoms with van der Waals surface area (Å²) in [5.74, 6) is 1.37. The van der Waals surface area contributed by atoms with E-state index < -0.39 is 10.0 Å². The molecule has 1 amide bonds.